The summed E-state index contributed by atoms with van der Waals surface area (Å²) < 4.78 is 0. The Balaban J connectivity index is 1.60. The van der Waals surface area contributed by atoms with Gasteiger partial charge in [-0.1, -0.05) is 0 Å². The molecule has 0 saturated heterocycles. The Labute approximate surface area is 148 Å². The minimum absolute atomic E-state index is 0.138. The van der Waals surface area contributed by atoms with Crippen LogP contribution in [0.15, 0.2) is 41.5 Å². The standard InChI is InChI=1S/C16H17N5OS2/c1-2-21(8-5-14-18-7-9-23-14)16(22)20-15-19-13(11-24-15)12-4-3-6-17-10-12/h3-4,6-7,9-11H,2,5,8H2,1H3,(H,19,20,22). The highest BCUT2D eigenvalue weighted by Gasteiger charge is 2.14. The lowest BCUT2D eigenvalue weighted by molar-refractivity contribution is 0.215. The molecule has 24 heavy (non-hydrogen) atoms. The van der Waals surface area contributed by atoms with Crippen LogP contribution in [0.5, 0.6) is 0 Å². The molecule has 0 aromatic carbocycles. The summed E-state index contributed by atoms with van der Waals surface area (Å²) in [7, 11) is 0. The predicted octanol–water partition coefficient (Wildman–Crippen LogP) is 3.76. The van der Waals surface area contributed by atoms with Gasteiger partial charge in [-0.2, -0.15) is 0 Å². The summed E-state index contributed by atoms with van der Waals surface area (Å²) in [6, 6.07) is 3.67. The van der Waals surface area contributed by atoms with Gasteiger partial charge in [-0.15, -0.1) is 22.7 Å². The van der Waals surface area contributed by atoms with Crippen LogP contribution < -0.4 is 5.32 Å². The molecule has 3 heterocycles. The third-order valence-electron chi connectivity index (χ3n) is 3.42. The molecule has 0 atom stereocenters. The number of rotatable bonds is 6. The maximum Gasteiger partial charge on any atom is 0.323 e. The molecule has 0 aliphatic rings. The molecular formula is C16H17N5OS2. The van der Waals surface area contributed by atoms with Gasteiger partial charge in [-0.3, -0.25) is 10.3 Å². The van der Waals surface area contributed by atoms with Crippen LogP contribution in [0.25, 0.3) is 11.3 Å². The summed E-state index contributed by atoms with van der Waals surface area (Å²) in [6.45, 7) is 3.24. The van der Waals surface area contributed by atoms with Gasteiger partial charge in [0.2, 0.25) is 0 Å². The molecule has 3 rings (SSSR count). The van der Waals surface area contributed by atoms with E-state index in [2.05, 4.69) is 20.3 Å². The Kier molecular flexibility index (Phi) is 5.50. The number of amides is 2. The first-order valence-corrected chi connectivity index (χ1v) is 9.32. The number of nitrogens with zero attached hydrogens (tertiary/aromatic N) is 4. The number of pyridine rings is 1. The van der Waals surface area contributed by atoms with Crippen molar-refractivity contribution in [3.05, 3.63) is 46.5 Å². The number of thiazole rings is 2. The summed E-state index contributed by atoms with van der Waals surface area (Å²) in [5.74, 6) is 0. The van der Waals surface area contributed by atoms with E-state index >= 15 is 0 Å². The molecule has 0 radical (unpaired) electrons. The van der Waals surface area contributed by atoms with E-state index in [9.17, 15) is 4.79 Å². The highest BCUT2D eigenvalue weighted by Crippen LogP contribution is 2.24. The highest BCUT2D eigenvalue weighted by molar-refractivity contribution is 7.14. The molecular weight excluding hydrogens is 342 g/mol. The fourth-order valence-electron chi connectivity index (χ4n) is 2.16. The summed E-state index contributed by atoms with van der Waals surface area (Å²) in [6.07, 6.45) is 6.02. The molecule has 0 aliphatic carbocycles. The van der Waals surface area contributed by atoms with Crippen molar-refractivity contribution in [2.24, 2.45) is 0 Å². The number of carbonyl (C=O) groups is 1. The number of anilines is 1. The van der Waals surface area contributed by atoms with Gasteiger partial charge >= 0.3 is 6.03 Å². The second-order valence-corrected chi connectivity index (χ2v) is 6.80. The molecule has 0 spiro atoms. The number of hydrogen-bond donors (Lipinski definition) is 1. The zero-order chi connectivity index (χ0) is 16.8. The topological polar surface area (TPSA) is 71.0 Å². The van der Waals surface area contributed by atoms with Crippen molar-refractivity contribution < 1.29 is 4.79 Å². The van der Waals surface area contributed by atoms with Crippen molar-refractivity contribution in [3.8, 4) is 11.3 Å². The van der Waals surface area contributed by atoms with Crippen LogP contribution in [0.1, 0.15) is 11.9 Å². The minimum Gasteiger partial charge on any atom is -0.324 e. The van der Waals surface area contributed by atoms with E-state index in [1.54, 1.807) is 34.8 Å². The quantitative estimate of drug-likeness (QED) is 0.727. The van der Waals surface area contributed by atoms with Gasteiger partial charge in [0.05, 0.1) is 10.7 Å². The van der Waals surface area contributed by atoms with Crippen molar-refractivity contribution in [3.63, 3.8) is 0 Å². The number of nitrogens with one attached hydrogen (secondary N) is 1. The van der Waals surface area contributed by atoms with Gasteiger partial charge in [0.25, 0.3) is 0 Å². The van der Waals surface area contributed by atoms with Gasteiger partial charge in [-0.25, -0.2) is 14.8 Å². The molecule has 3 aromatic rings. The second-order valence-electron chi connectivity index (χ2n) is 4.97. The average molecular weight is 359 g/mol. The monoisotopic (exact) mass is 359 g/mol. The highest BCUT2D eigenvalue weighted by atomic mass is 32.1. The lowest BCUT2D eigenvalue weighted by Crippen LogP contribution is -2.36. The van der Waals surface area contributed by atoms with Crippen molar-refractivity contribution >= 4 is 33.8 Å². The number of urea groups is 1. The molecule has 0 saturated carbocycles. The van der Waals surface area contributed by atoms with E-state index in [-0.39, 0.29) is 6.03 Å². The third-order valence-corrected chi connectivity index (χ3v) is 5.02. The smallest absolute Gasteiger partial charge is 0.323 e. The molecule has 0 unspecified atom stereocenters. The van der Waals surface area contributed by atoms with Crippen LogP contribution in [0.3, 0.4) is 0 Å². The third kappa shape index (κ3) is 4.15. The molecule has 8 heteroatoms. The van der Waals surface area contributed by atoms with Crippen LogP contribution in [-0.2, 0) is 6.42 Å². The van der Waals surface area contributed by atoms with E-state index in [0.717, 1.165) is 22.7 Å². The fourth-order valence-corrected chi connectivity index (χ4v) is 3.48. The van der Waals surface area contributed by atoms with Crippen LogP contribution in [0.2, 0.25) is 0 Å². The van der Waals surface area contributed by atoms with Gasteiger partial charge < -0.3 is 4.90 Å². The Morgan fingerprint density at radius 3 is 2.96 bits per heavy atom. The molecule has 0 bridgehead atoms. The molecule has 124 valence electrons. The second kappa shape index (κ2) is 7.98. The van der Waals surface area contributed by atoms with Crippen molar-refractivity contribution in [1.82, 2.24) is 19.9 Å². The van der Waals surface area contributed by atoms with E-state index in [0.29, 0.717) is 18.2 Å². The molecule has 3 aromatic heterocycles. The number of hydrogen-bond acceptors (Lipinski definition) is 6. The largest absolute Gasteiger partial charge is 0.324 e. The van der Waals surface area contributed by atoms with Crippen LogP contribution in [0.4, 0.5) is 9.93 Å². The van der Waals surface area contributed by atoms with Crippen molar-refractivity contribution in [1.29, 1.82) is 0 Å². The molecule has 1 N–H and O–H groups in total. The Bertz CT molecular complexity index is 773. The van der Waals surface area contributed by atoms with Gasteiger partial charge in [0.15, 0.2) is 5.13 Å². The maximum atomic E-state index is 12.4. The zero-order valence-electron chi connectivity index (χ0n) is 13.2. The lowest BCUT2D eigenvalue weighted by atomic mass is 10.2. The Morgan fingerprint density at radius 2 is 2.25 bits per heavy atom. The number of aromatic nitrogens is 3. The summed E-state index contributed by atoms with van der Waals surface area (Å²) in [4.78, 5) is 26.9. The van der Waals surface area contributed by atoms with E-state index in [4.69, 9.17) is 0 Å². The summed E-state index contributed by atoms with van der Waals surface area (Å²) in [5.41, 5.74) is 1.75. The first kappa shape index (κ1) is 16.5. The van der Waals surface area contributed by atoms with Gasteiger partial charge in [0.1, 0.15) is 0 Å². The molecule has 0 fully saturated rings. The maximum absolute atomic E-state index is 12.4. The van der Waals surface area contributed by atoms with Crippen LogP contribution in [0, 0.1) is 0 Å². The van der Waals surface area contributed by atoms with E-state index < -0.39 is 0 Å². The number of likely N-dealkylation sites (N-methyl/N-ethyl adjacent to an activating group) is 1. The van der Waals surface area contributed by atoms with Crippen molar-refractivity contribution in [2.75, 3.05) is 18.4 Å². The SMILES string of the molecule is CCN(CCc1nccs1)C(=O)Nc1nc(-c2cccnc2)cs1. The van der Waals surface area contributed by atoms with Gasteiger partial charge in [0, 0.05) is 54.4 Å². The predicted molar refractivity (Wildman–Crippen MR) is 97.4 cm³/mol. The summed E-state index contributed by atoms with van der Waals surface area (Å²) >= 11 is 3.02. The summed E-state index contributed by atoms with van der Waals surface area (Å²) in [5, 5.41) is 8.36. The Hall–Kier alpha value is -2.32. The van der Waals surface area contributed by atoms with E-state index in [1.165, 1.54) is 11.3 Å². The number of carbonyl (C=O) groups excluding carboxylic acids is 1. The Morgan fingerprint density at radius 1 is 1.33 bits per heavy atom. The van der Waals surface area contributed by atoms with Crippen molar-refractivity contribution in [2.45, 2.75) is 13.3 Å². The van der Waals surface area contributed by atoms with Gasteiger partial charge in [-0.05, 0) is 19.1 Å². The zero-order valence-corrected chi connectivity index (χ0v) is 14.8. The average Bonchev–Trinajstić information content (AvgIpc) is 3.28. The first-order valence-electron chi connectivity index (χ1n) is 7.56. The fraction of sp³-hybridized carbons (Fsp3) is 0.250. The molecule has 2 amide bonds. The van der Waals surface area contributed by atoms with E-state index in [1.807, 2.05) is 29.8 Å². The normalized spacial score (nSPS) is 10.5. The van der Waals surface area contributed by atoms with Crippen LogP contribution >= 0.6 is 22.7 Å². The van der Waals surface area contributed by atoms with Crippen LogP contribution in [-0.4, -0.2) is 39.0 Å². The molecule has 0 aliphatic heterocycles. The molecule has 6 nitrogen and oxygen atoms in total. The lowest BCUT2D eigenvalue weighted by Gasteiger charge is -2.19. The minimum atomic E-state index is -0.138. The first-order chi connectivity index (χ1) is 11.8.